The van der Waals surface area contributed by atoms with E-state index < -0.39 is 5.91 Å². The minimum Gasteiger partial charge on any atom is -0.497 e. The van der Waals surface area contributed by atoms with Gasteiger partial charge in [0.25, 0.3) is 11.8 Å². The Balaban J connectivity index is 1.54. The summed E-state index contributed by atoms with van der Waals surface area (Å²) in [7, 11) is 1.61. The first-order valence-electron chi connectivity index (χ1n) is 10.4. The van der Waals surface area contributed by atoms with Crippen LogP contribution < -0.4 is 14.8 Å². The van der Waals surface area contributed by atoms with Crippen LogP contribution in [0.4, 0.5) is 0 Å². The lowest BCUT2D eigenvalue weighted by Crippen LogP contribution is -2.24. The lowest BCUT2D eigenvalue weighted by atomic mass is 10.2. The number of nitrogens with one attached hydrogen (secondary N) is 1. The van der Waals surface area contributed by atoms with Gasteiger partial charge in [0.1, 0.15) is 12.4 Å². The highest BCUT2D eigenvalue weighted by Crippen LogP contribution is 2.18. The van der Waals surface area contributed by atoms with E-state index in [-0.39, 0.29) is 18.2 Å². The number of methoxy groups -OCH3 is 1. The van der Waals surface area contributed by atoms with Crippen LogP contribution >= 0.6 is 0 Å². The molecule has 0 atom stereocenters. The molecule has 166 valence electrons. The van der Waals surface area contributed by atoms with E-state index >= 15 is 0 Å². The number of ether oxygens (including phenoxy) is 2. The topological polar surface area (TPSA) is 90.6 Å². The summed E-state index contributed by atoms with van der Waals surface area (Å²) in [6, 6.07) is 26.6. The van der Waals surface area contributed by atoms with Crippen LogP contribution in [0.5, 0.6) is 11.6 Å². The van der Waals surface area contributed by atoms with E-state index in [1.54, 1.807) is 13.3 Å². The van der Waals surface area contributed by atoms with Crippen LogP contribution in [0.15, 0.2) is 90.0 Å². The van der Waals surface area contributed by atoms with Gasteiger partial charge in [-0.15, -0.1) is 5.10 Å². The van der Waals surface area contributed by atoms with Crippen molar-refractivity contribution in [1.82, 2.24) is 20.4 Å². The molecule has 0 aliphatic carbocycles. The van der Waals surface area contributed by atoms with Crippen molar-refractivity contribution in [2.24, 2.45) is 5.10 Å². The Morgan fingerprint density at radius 2 is 1.64 bits per heavy atom. The van der Waals surface area contributed by atoms with Gasteiger partial charge in [0.05, 0.1) is 13.3 Å². The van der Waals surface area contributed by atoms with Gasteiger partial charge in [-0.1, -0.05) is 65.5 Å². The number of aromatic nitrogens is 3. The van der Waals surface area contributed by atoms with Crippen LogP contribution in [-0.4, -0.2) is 34.3 Å². The zero-order valence-corrected chi connectivity index (χ0v) is 18.1. The van der Waals surface area contributed by atoms with Crippen molar-refractivity contribution in [2.75, 3.05) is 7.11 Å². The van der Waals surface area contributed by atoms with E-state index in [1.165, 1.54) is 4.79 Å². The van der Waals surface area contributed by atoms with Gasteiger partial charge in [-0.25, -0.2) is 0 Å². The summed E-state index contributed by atoms with van der Waals surface area (Å²) in [5, 5.41) is 15.2. The van der Waals surface area contributed by atoms with Crippen LogP contribution in [0, 0.1) is 0 Å². The van der Waals surface area contributed by atoms with Gasteiger partial charge >= 0.3 is 0 Å². The number of hydrogen-bond donors (Lipinski definition) is 1. The maximum atomic E-state index is 12.8. The van der Waals surface area contributed by atoms with Crippen molar-refractivity contribution < 1.29 is 14.3 Å². The second-order valence-electron chi connectivity index (χ2n) is 7.09. The van der Waals surface area contributed by atoms with Crippen LogP contribution in [0.1, 0.15) is 27.2 Å². The number of amides is 1. The smallest absolute Gasteiger partial charge is 0.277 e. The highest BCUT2D eigenvalue weighted by molar-refractivity contribution is 5.94. The van der Waals surface area contributed by atoms with Crippen molar-refractivity contribution >= 4 is 12.1 Å². The van der Waals surface area contributed by atoms with Crippen molar-refractivity contribution in [2.45, 2.75) is 13.2 Å². The Bertz CT molecular complexity index is 1210. The van der Waals surface area contributed by atoms with E-state index in [0.717, 1.165) is 22.4 Å². The molecule has 0 aliphatic rings. The number of nitrogens with zero attached hydrogens (tertiary/aromatic N) is 4. The minimum atomic E-state index is -0.396. The van der Waals surface area contributed by atoms with Crippen molar-refractivity contribution in [3.63, 3.8) is 0 Å². The number of carbonyl (C=O) groups is 1. The summed E-state index contributed by atoms with van der Waals surface area (Å²) in [5.74, 6) is 0.513. The molecule has 0 spiro atoms. The zero-order chi connectivity index (χ0) is 22.9. The fourth-order valence-corrected chi connectivity index (χ4v) is 3.01. The van der Waals surface area contributed by atoms with Gasteiger partial charge in [0.15, 0.2) is 0 Å². The molecule has 0 fully saturated rings. The third-order valence-corrected chi connectivity index (χ3v) is 4.78. The molecule has 0 bridgehead atoms. The Labute approximate surface area is 191 Å². The molecule has 4 aromatic rings. The normalized spacial score (nSPS) is 10.8. The molecule has 8 heteroatoms. The van der Waals surface area contributed by atoms with Gasteiger partial charge in [-0.2, -0.15) is 5.10 Å². The molecule has 0 radical (unpaired) electrons. The molecule has 8 nitrogen and oxygen atoms in total. The van der Waals surface area contributed by atoms with Crippen LogP contribution in [-0.2, 0) is 13.2 Å². The van der Waals surface area contributed by atoms with E-state index in [0.29, 0.717) is 6.54 Å². The van der Waals surface area contributed by atoms with Gasteiger partial charge < -0.3 is 14.8 Å². The summed E-state index contributed by atoms with van der Waals surface area (Å²) < 4.78 is 11.1. The second kappa shape index (κ2) is 10.7. The molecular weight excluding hydrogens is 418 g/mol. The van der Waals surface area contributed by atoms with E-state index in [1.807, 2.05) is 84.9 Å². The van der Waals surface area contributed by atoms with Gasteiger partial charge in [0.2, 0.25) is 5.69 Å². The average Bonchev–Trinajstić information content (AvgIpc) is 3.29. The standard InChI is InChI=1S/C25H23N5O3/c1-32-22-14-12-20(13-15-22)17-27-30-25(33-18-21-10-6-3-7-11-21)23(28-29-30)24(31)26-16-19-8-4-2-5-9-19/h2-15,17H,16,18H2,1H3,(H,26,31)/b27-17+. The summed E-state index contributed by atoms with van der Waals surface area (Å²) >= 11 is 0. The number of rotatable bonds is 9. The maximum Gasteiger partial charge on any atom is 0.277 e. The number of hydrogen-bond acceptors (Lipinski definition) is 6. The van der Waals surface area contributed by atoms with E-state index in [4.69, 9.17) is 9.47 Å². The third kappa shape index (κ3) is 5.82. The Morgan fingerprint density at radius 1 is 0.970 bits per heavy atom. The van der Waals surface area contributed by atoms with Gasteiger partial charge in [-0.05, 0) is 46.2 Å². The predicted octanol–water partition coefficient (Wildman–Crippen LogP) is 3.68. The maximum absolute atomic E-state index is 12.8. The van der Waals surface area contributed by atoms with Crippen molar-refractivity contribution in [1.29, 1.82) is 0 Å². The lowest BCUT2D eigenvalue weighted by Gasteiger charge is -2.08. The zero-order valence-electron chi connectivity index (χ0n) is 18.1. The number of carbonyl (C=O) groups excluding carboxylic acids is 1. The summed E-state index contributed by atoms with van der Waals surface area (Å²) in [6.45, 7) is 0.602. The SMILES string of the molecule is COc1ccc(/C=N/n2nnc(C(=O)NCc3ccccc3)c2OCc2ccccc2)cc1. The van der Waals surface area contributed by atoms with Crippen LogP contribution in [0.2, 0.25) is 0 Å². The fourth-order valence-electron chi connectivity index (χ4n) is 3.01. The lowest BCUT2D eigenvalue weighted by molar-refractivity contribution is 0.0940. The fraction of sp³-hybridized carbons (Fsp3) is 0.120. The third-order valence-electron chi connectivity index (χ3n) is 4.78. The Hall–Kier alpha value is -4.46. The van der Waals surface area contributed by atoms with Crippen molar-refractivity contribution in [3.05, 3.63) is 107 Å². The molecule has 0 unspecified atom stereocenters. The van der Waals surface area contributed by atoms with Crippen molar-refractivity contribution in [3.8, 4) is 11.6 Å². The molecule has 1 heterocycles. The summed E-state index contributed by atoms with van der Waals surface area (Å²) in [6.07, 6.45) is 1.61. The molecule has 1 aromatic heterocycles. The molecule has 0 saturated heterocycles. The quantitative estimate of drug-likeness (QED) is 0.400. The first-order chi connectivity index (χ1) is 16.2. The van der Waals surface area contributed by atoms with Gasteiger partial charge in [0, 0.05) is 6.54 Å². The molecule has 3 aromatic carbocycles. The molecule has 1 amide bonds. The molecule has 0 saturated carbocycles. The predicted molar refractivity (Wildman–Crippen MR) is 124 cm³/mol. The average molecular weight is 441 g/mol. The first kappa shape index (κ1) is 21.8. The van der Waals surface area contributed by atoms with Gasteiger partial charge in [-0.3, -0.25) is 4.79 Å². The molecule has 4 rings (SSSR count). The number of benzene rings is 3. The largest absolute Gasteiger partial charge is 0.497 e. The van der Waals surface area contributed by atoms with Crippen LogP contribution in [0.3, 0.4) is 0 Å². The Morgan fingerprint density at radius 3 is 2.30 bits per heavy atom. The van der Waals surface area contributed by atoms with E-state index in [2.05, 4.69) is 20.7 Å². The minimum absolute atomic E-state index is 0.0637. The Kier molecular flexibility index (Phi) is 7.07. The molecule has 1 N–H and O–H groups in total. The molecular formula is C25H23N5O3. The highest BCUT2D eigenvalue weighted by Gasteiger charge is 2.21. The second-order valence-corrected chi connectivity index (χ2v) is 7.09. The van der Waals surface area contributed by atoms with E-state index in [9.17, 15) is 4.79 Å². The van der Waals surface area contributed by atoms with Crippen LogP contribution in [0.25, 0.3) is 0 Å². The highest BCUT2D eigenvalue weighted by atomic mass is 16.5. The molecule has 0 aliphatic heterocycles. The first-order valence-corrected chi connectivity index (χ1v) is 10.4. The molecule has 33 heavy (non-hydrogen) atoms. The summed E-state index contributed by atoms with van der Waals surface area (Å²) in [5.41, 5.74) is 2.81. The summed E-state index contributed by atoms with van der Waals surface area (Å²) in [4.78, 5) is 14.0. The monoisotopic (exact) mass is 441 g/mol.